The lowest BCUT2D eigenvalue weighted by atomic mass is 10.1. The molecule has 0 atom stereocenters. The first-order valence-corrected chi connectivity index (χ1v) is 15.9. The van der Waals surface area contributed by atoms with Crippen LogP contribution in [0, 0.1) is 12.7 Å². The van der Waals surface area contributed by atoms with Gasteiger partial charge in [0.15, 0.2) is 17.3 Å². The van der Waals surface area contributed by atoms with Gasteiger partial charge in [0.2, 0.25) is 0 Å². The number of thiophene rings is 1. The van der Waals surface area contributed by atoms with Gasteiger partial charge in [0.25, 0.3) is 15.9 Å². The van der Waals surface area contributed by atoms with E-state index in [0.717, 1.165) is 22.5 Å². The predicted octanol–water partition coefficient (Wildman–Crippen LogP) is 6.76. The summed E-state index contributed by atoms with van der Waals surface area (Å²) in [5.41, 5.74) is 0.819. The number of esters is 1. The minimum absolute atomic E-state index is 0.0195. The van der Waals surface area contributed by atoms with E-state index in [1.54, 1.807) is 26.0 Å². The van der Waals surface area contributed by atoms with E-state index in [2.05, 4.69) is 5.32 Å². The second-order valence-electron chi connectivity index (χ2n) is 9.59. The number of sulfonamides is 1. The molecular formula is C31H28ClFN2O8S2. The summed E-state index contributed by atoms with van der Waals surface area (Å²) in [4.78, 5) is 37.2. The average Bonchev–Trinajstić information content (AvgIpc) is 3.40. The van der Waals surface area contributed by atoms with E-state index in [1.807, 2.05) is 0 Å². The van der Waals surface area contributed by atoms with Gasteiger partial charge in [-0.3, -0.25) is 13.9 Å². The number of amides is 1. The van der Waals surface area contributed by atoms with Gasteiger partial charge >= 0.3 is 5.97 Å². The zero-order valence-corrected chi connectivity index (χ0v) is 27.2. The number of carbonyl (C=O) groups excluding carboxylic acids is 3. The molecule has 4 aromatic rings. The number of anilines is 2. The summed E-state index contributed by atoms with van der Waals surface area (Å²) in [5.74, 6) is -1.94. The van der Waals surface area contributed by atoms with Crippen molar-refractivity contribution in [3.8, 4) is 17.2 Å². The number of carbonyl (C=O) groups is 3. The quantitative estimate of drug-likeness (QED) is 0.105. The molecule has 236 valence electrons. The number of methoxy groups -OCH3 is 1. The number of nitrogens with zero attached hydrogens (tertiary/aromatic N) is 1. The average molecular weight is 675 g/mol. The molecule has 14 heteroatoms. The first kappa shape index (κ1) is 33.4. The molecule has 0 aliphatic heterocycles. The van der Waals surface area contributed by atoms with Crippen molar-refractivity contribution in [2.24, 2.45) is 0 Å². The van der Waals surface area contributed by atoms with E-state index in [9.17, 15) is 27.2 Å². The number of rotatable bonds is 11. The maximum atomic E-state index is 14.6. The van der Waals surface area contributed by atoms with Crippen molar-refractivity contribution in [1.82, 2.24) is 0 Å². The van der Waals surface area contributed by atoms with Gasteiger partial charge in [0.05, 0.1) is 29.3 Å². The number of aryl methyl sites for hydroxylation is 1. The first-order valence-electron chi connectivity index (χ1n) is 13.3. The van der Waals surface area contributed by atoms with Crippen molar-refractivity contribution >= 4 is 62.0 Å². The number of hydrogen-bond acceptors (Lipinski definition) is 9. The molecule has 0 spiro atoms. The Balaban J connectivity index is 1.59. The molecule has 0 saturated heterocycles. The summed E-state index contributed by atoms with van der Waals surface area (Å²) >= 11 is 6.87. The Kier molecular flexibility index (Phi) is 10.2. The third-order valence-electron chi connectivity index (χ3n) is 6.50. The highest BCUT2D eigenvalue weighted by atomic mass is 35.5. The van der Waals surface area contributed by atoms with Crippen LogP contribution >= 0.6 is 22.9 Å². The van der Waals surface area contributed by atoms with Crippen LogP contribution in [0.2, 0.25) is 4.34 Å². The van der Waals surface area contributed by atoms with Gasteiger partial charge in [-0.15, -0.1) is 11.3 Å². The normalized spacial score (nSPS) is 11.1. The lowest BCUT2D eigenvalue weighted by Crippen LogP contribution is -2.28. The largest absolute Gasteiger partial charge is 0.493 e. The maximum absolute atomic E-state index is 14.6. The van der Waals surface area contributed by atoms with Gasteiger partial charge < -0.3 is 19.5 Å². The first-order chi connectivity index (χ1) is 21.2. The molecule has 1 aromatic heterocycles. The number of ketones is 1. The zero-order chi connectivity index (χ0) is 33.1. The number of Topliss-reactive ketones (excluding diaryl/α,β-unsaturated/α-hetero) is 1. The van der Waals surface area contributed by atoms with Crippen molar-refractivity contribution in [1.29, 1.82) is 0 Å². The Bertz CT molecular complexity index is 1910. The SMILES string of the molecule is CCOc1ccc(N(C)S(=O)(=O)c2cc(Cl)sc2C(=O)Nc2cc(F)cc(C(=O)Oc3ccc(C(C)=O)cc3C)c2)cc1OC. The fourth-order valence-electron chi connectivity index (χ4n) is 4.22. The molecule has 3 aromatic carbocycles. The second kappa shape index (κ2) is 13.7. The van der Waals surface area contributed by atoms with Crippen molar-refractivity contribution < 1.29 is 41.4 Å². The molecular weight excluding hydrogens is 647 g/mol. The Morgan fingerprint density at radius 1 is 0.978 bits per heavy atom. The van der Waals surface area contributed by atoms with Crippen LogP contribution in [0.5, 0.6) is 17.2 Å². The Morgan fingerprint density at radius 2 is 1.69 bits per heavy atom. The minimum Gasteiger partial charge on any atom is -0.493 e. The van der Waals surface area contributed by atoms with Crippen molar-refractivity contribution in [2.45, 2.75) is 25.7 Å². The molecule has 45 heavy (non-hydrogen) atoms. The molecule has 1 heterocycles. The Hall–Kier alpha value is -4.46. The lowest BCUT2D eigenvalue weighted by molar-refractivity contribution is 0.0732. The molecule has 0 fully saturated rings. The van der Waals surface area contributed by atoms with E-state index >= 15 is 0 Å². The van der Waals surface area contributed by atoms with Gasteiger partial charge in [0.1, 0.15) is 21.3 Å². The van der Waals surface area contributed by atoms with Crippen LogP contribution in [0.4, 0.5) is 15.8 Å². The summed E-state index contributed by atoms with van der Waals surface area (Å²) in [5, 5.41) is 2.44. The molecule has 1 amide bonds. The smallest absolute Gasteiger partial charge is 0.343 e. The van der Waals surface area contributed by atoms with Crippen LogP contribution in [0.3, 0.4) is 0 Å². The molecule has 0 radical (unpaired) electrons. The van der Waals surface area contributed by atoms with E-state index in [4.69, 9.17) is 25.8 Å². The molecule has 0 aliphatic carbocycles. The van der Waals surface area contributed by atoms with E-state index in [1.165, 1.54) is 51.4 Å². The van der Waals surface area contributed by atoms with Crippen molar-refractivity contribution in [3.05, 3.63) is 92.4 Å². The minimum atomic E-state index is -4.33. The molecule has 0 aliphatic rings. The highest BCUT2D eigenvalue weighted by Gasteiger charge is 2.31. The van der Waals surface area contributed by atoms with Crippen LogP contribution in [0.15, 0.2) is 65.6 Å². The van der Waals surface area contributed by atoms with Gasteiger partial charge in [-0.1, -0.05) is 11.6 Å². The summed E-state index contributed by atoms with van der Waals surface area (Å²) in [6.45, 7) is 5.22. The van der Waals surface area contributed by atoms with Gasteiger partial charge in [-0.05, 0) is 80.9 Å². The lowest BCUT2D eigenvalue weighted by Gasteiger charge is -2.21. The van der Waals surface area contributed by atoms with Crippen LogP contribution < -0.4 is 23.8 Å². The van der Waals surface area contributed by atoms with Gasteiger partial charge in [-0.2, -0.15) is 0 Å². The fraction of sp³-hybridized carbons (Fsp3) is 0.194. The van der Waals surface area contributed by atoms with Crippen molar-refractivity contribution in [2.75, 3.05) is 30.4 Å². The van der Waals surface area contributed by atoms with E-state index in [-0.39, 0.29) is 42.6 Å². The van der Waals surface area contributed by atoms with E-state index < -0.39 is 27.7 Å². The number of benzene rings is 3. The number of halogens is 2. The van der Waals surface area contributed by atoms with Crippen LogP contribution in [-0.4, -0.2) is 46.8 Å². The third-order valence-corrected chi connectivity index (χ3v) is 9.70. The molecule has 4 rings (SSSR count). The number of nitrogens with one attached hydrogen (secondary N) is 1. The summed E-state index contributed by atoms with van der Waals surface area (Å²) < 4.78 is 59.1. The maximum Gasteiger partial charge on any atom is 0.343 e. The van der Waals surface area contributed by atoms with Gasteiger partial charge in [-0.25, -0.2) is 17.6 Å². The standard InChI is InChI=1S/C31H28ClFN2O8S2/c1-6-42-25-10-8-23(15-26(25)41-5)35(4)45(39,40)27-16-28(32)44-29(27)30(37)34-22-13-20(12-21(33)14-22)31(38)43-24-9-7-19(18(3)36)11-17(24)2/h7-16H,6H2,1-5H3,(H,34,37). The van der Waals surface area contributed by atoms with Gasteiger partial charge in [0, 0.05) is 24.4 Å². The van der Waals surface area contributed by atoms with Crippen molar-refractivity contribution in [3.63, 3.8) is 0 Å². The molecule has 1 N–H and O–H groups in total. The van der Waals surface area contributed by atoms with E-state index in [0.29, 0.717) is 40.6 Å². The summed E-state index contributed by atoms with van der Waals surface area (Å²) in [7, 11) is -1.61. The predicted molar refractivity (Wildman–Crippen MR) is 170 cm³/mol. The van der Waals surface area contributed by atoms with Crippen LogP contribution in [-0.2, 0) is 10.0 Å². The van der Waals surface area contributed by atoms with Crippen LogP contribution in [0.1, 0.15) is 49.8 Å². The zero-order valence-electron chi connectivity index (χ0n) is 24.8. The monoisotopic (exact) mass is 674 g/mol. The summed E-state index contributed by atoms with van der Waals surface area (Å²) in [6.07, 6.45) is 0. The summed E-state index contributed by atoms with van der Waals surface area (Å²) in [6, 6.07) is 13.3. The highest BCUT2D eigenvalue weighted by Crippen LogP contribution is 2.37. The topological polar surface area (TPSA) is 128 Å². The third kappa shape index (κ3) is 7.44. The second-order valence-corrected chi connectivity index (χ2v) is 13.2. The Morgan fingerprint density at radius 3 is 2.33 bits per heavy atom. The molecule has 10 nitrogen and oxygen atoms in total. The number of ether oxygens (including phenoxy) is 3. The molecule has 0 bridgehead atoms. The molecule has 0 saturated carbocycles. The number of hydrogen-bond donors (Lipinski definition) is 1. The van der Waals surface area contributed by atoms with Crippen LogP contribution in [0.25, 0.3) is 0 Å². The Labute approximate surface area is 268 Å². The highest BCUT2D eigenvalue weighted by molar-refractivity contribution is 7.93. The fourth-order valence-corrected chi connectivity index (χ4v) is 7.09. The molecule has 0 unspecified atom stereocenters.